The molecule has 4 rings (SSSR count). The summed E-state index contributed by atoms with van der Waals surface area (Å²) < 4.78 is 11.7. The molecule has 2 heterocycles. The lowest BCUT2D eigenvalue weighted by molar-refractivity contribution is 0.203. The van der Waals surface area contributed by atoms with Crippen molar-refractivity contribution in [3.05, 3.63) is 52.8 Å². The summed E-state index contributed by atoms with van der Waals surface area (Å²) in [7, 11) is 0. The zero-order valence-electron chi connectivity index (χ0n) is 19.9. The molecule has 0 aliphatic carbocycles. The van der Waals surface area contributed by atoms with E-state index < -0.39 is 0 Å². The highest BCUT2D eigenvalue weighted by Gasteiger charge is 2.18. The average molecular weight is 471 g/mol. The summed E-state index contributed by atoms with van der Waals surface area (Å²) in [6.07, 6.45) is 2.63. The normalized spacial score (nSPS) is 14.7. The number of aromatic nitrogens is 2. The van der Waals surface area contributed by atoms with E-state index in [1.165, 1.54) is 5.56 Å². The summed E-state index contributed by atoms with van der Waals surface area (Å²) >= 11 is 6.53. The largest absolute Gasteiger partial charge is 0.489 e. The van der Waals surface area contributed by atoms with Crippen LogP contribution in [0.2, 0.25) is 5.02 Å². The summed E-state index contributed by atoms with van der Waals surface area (Å²) in [5, 5.41) is 4.26. The molecule has 7 heteroatoms. The number of aromatic amines is 1. The van der Waals surface area contributed by atoms with Crippen LogP contribution in [-0.4, -0.2) is 47.7 Å². The van der Waals surface area contributed by atoms with Gasteiger partial charge < -0.3 is 19.8 Å². The molecule has 0 radical (unpaired) electrons. The number of rotatable bonds is 10. The van der Waals surface area contributed by atoms with E-state index in [1.807, 2.05) is 6.07 Å². The first-order valence-electron chi connectivity index (χ1n) is 11.9. The van der Waals surface area contributed by atoms with Crippen LogP contribution in [0.3, 0.4) is 0 Å². The minimum atomic E-state index is 0.498. The number of benzene rings is 2. The number of para-hydroxylation sites is 1. The molecular formula is C26H35ClN4O2. The van der Waals surface area contributed by atoms with E-state index in [9.17, 15) is 0 Å². The Morgan fingerprint density at radius 2 is 2.00 bits per heavy atom. The van der Waals surface area contributed by atoms with Crippen molar-refractivity contribution in [1.82, 2.24) is 20.2 Å². The van der Waals surface area contributed by atoms with Gasteiger partial charge in [-0.15, -0.1) is 0 Å². The SMILES string of the molecule is CC(C)CN(Cc1cc(Cl)c2c(c1)OCCCO2)CC(C)CNCc1cccc2[nH]cnc12. The van der Waals surface area contributed by atoms with Crippen molar-refractivity contribution in [2.24, 2.45) is 11.8 Å². The van der Waals surface area contributed by atoms with Crippen LogP contribution >= 0.6 is 11.6 Å². The number of hydrogen-bond donors (Lipinski definition) is 2. The third kappa shape index (κ3) is 6.40. The number of nitrogens with zero attached hydrogens (tertiary/aromatic N) is 2. The predicted molar refractivity (Wildman–Crippen MR) is 134 cm³/mol. The van der Waals surface area contributed by atoms with Gasteiger partial charge in [0, 0.05) is 32.6 Å². The smallest absolute Gasteiger partial charge is 0.179 e. The van der Waals surface area contributed by atoms with Gasteiger partial charge in [-0.25, -0.2) is 4.98 Å². The molecule has 2 aromatic carbocycles. The molecule has 0 saturated heterocycles. The van der Waals surface area contributed by atoms with E-state index in [0.717, 1.165) is 61.5 Å². The minimum Gasteiger partial charge on any atom is -0.489 e. The van der Waals surface area contributed by atoms with Crippen LogP contribution in [0.15, 0.2) is 36.7 Å². The highest BCUT2D eigenvalue weighted by molar-refractivity contribution is 6.32. The maximum atomic E-state index is 6.53. The molecule has 2 N–H and O–H groups in total. The molecule has 6 nitrogen and oxygen atoms in total. The van der Waals surface area contributed by atoms with Crippen LogP contribution < -0.4 is 14.8 Å². The van der Waals surface area contributed by atoms with Crippen molar-refractivity contribution >= 4 is 22.6 Å². The first kappa shape index (κ1) is 23.9. The maximum Gasteiger partial charge on any atom is 0.179 e. The Morgan fingerprint density at radius 1 is 1.15 bits per heavy atom. The molecule has 0 fully saturated rings. The van der Waals surface area contributed by atoms with Crippen LogP contribution in [0.1, 0.15) is 38.3 Å². The van der Waals surface area contributed by atoms with E-state index in [4.69, 9.17) is 21.1 Å². The summed E-state index contributed by atoms with van der Waals surface area (Å²) in [4.78, 5) is 10.2. The molecule has 1 aliphatic heterocycles. The summed E-state index contributed by atoms with van der Waals surface area (Å²) in [6.45, 7) is 12.8. The van der Waals surface area contributed by atoms with Crippen molar-refractivity contribution in [2.75, 3.05) is 32.8 Å². The van der Waals surface area contributed by atoms with Crippen molar-refractivity contribution in [1.29, 1.82) is 0 Å². The molecule has 1 aromatic heterocycles. The van der Waals surface area contributed by atoms with E-state index >= 15 is 0 Å². The van der Waals surface area contributed by atoms with Gasteiger partial charge in [-0.3, -0.25) is 4.90 Å². The fourth-order valence-corrected chi connectivity index (χ4v) is 4.77. The molecule has 1 unspecified atom stereocenters. The number of nitrogens with one attached hydrogen (secondary N) is 2. The summed E-state index contributed by atoms with van der Waals surface area (Å²) in [6, 6.07) is 10.4. The van der Waals surface area contributed by atoms with Crippen molar-refractivity contribution < 1.29 is 9.47 Å². The third-order valence-corrected chi connectivity index (χ3v) is 6.08. The maximum absolute atomic E-state index is 6.53. The molecule has 0 saturated carbocycles. The van der Waals surface area contributed by atoms with Crippen molar-refractivity contribution in [2.45, 2.75) is 40.3 Å². The van der Waals surface area contributed by atoms with Crippen molar-refractivity contribution in [3.63, 3.8) is 0 Å². The van der Waals surface area contributed by atoms with Gasteiger partial charge in [0.1, 0.15) is 0 Å². The van der Waals surface area contributed by atoms with Gasteiger partial charge in [0.25, 0.3) is 0 Å². The number of ether oxygens (including phenoxy) is 2. The van der Waals surface area contributed by atoms with Gasteiger partial charge in [0.15, 0.2) is 11.5 Å². The quantitative estimate of drug-likeness (QED) is 0.423. The molecule has 0 amide bonds. The second-order valence-corrected chi connectivity index (χ2v) is 9.90. The van der Waals surface area contributed by atoms with E-state index in [1.54, 1.807) is 6.33 Å². The number of halogens is 1. The average Bonchev–Trinajstić information content (AvgIpc) is 3.12. The number of imidazole rings is 1. The Bertz CT molecular complexity index is 1050. The Labute approximate surface area is 201 Å². The summed E-state index contributed by atoms with van der Waals surface area (Å²) in [5.41, 5.74) is 4.52. The lowest BCUT2D eigenvalue weighted by Gasteiger charge is -2.28. The summed E-state index contributed by atoms with van der Waals surface area (Å²) in [5.74, 6) is 2.52. The number of fused-ring (bicyclic) bond motifs is 2. The first-order chi connectivity index (χ1) is 16.0. The fraction of sp³-hybridized carbons (Fsp3) is 0.500. The highest BCUT2D eigenvalue weighted by atomic mass is 35.5. The Hall–Kier alpha value is -2.28. The highest BCUT2D eigenvalue weighted by Crippen LogP contribution is 2.38. The van der Waals surface area contributed by atoms with Gasteiger partial charge in [0.05, 0.1) is 35.6 Å². The van der Waals surface area contributed by atoms with Crippen LogP contribution in [0.4, 0.5) is 0 Å². The van der Waals surface area contributed by atoms with E-state index in [-0.39, 0.29) is 0 Å². The van der Waals surface area contributed by atoms with Gasteiger partial charge in [0.2, 0.25) is 0 Å². The Morgan fingerprint density at radius 3 is 2.85 bits per heavy atom. The van der Waals surface area contributed by atoms with Crippen LogP contribution in [-0.2, 0) is 13.1 Å². The van der Waals surface area contributed by atoms with Gasteiger partial charge in [-0.1, -0.05) is 44.5 Å². The molecule has 0 spiro atoms. The lowest BCUT2D eigenvalue weighted by atomic mass is 10.1. The Kier molecular flexibility index (Phi) is 8.12. The zero-order valence-corrected chi connectivity index (χ0v) is 20.6. The Balaban J connectivity index is 1.36. The second-order valence-electron chi connectivity index (χ2n) is 9.50. The third-order valence-electron chi connectivity index (χ3n) is 5.80. The molecule has 3 aromatic rings. The second kappa shape index (κ2) is 11.2. The fourth-order valence-electron chi connectivity index (χ4n) is 4.48. The van der Waals surface area contributed by atoms with Gasteiger partial charge in [-0.2, -0.15) is 0 Å². The molecule has 0 bridgehead atoms. The molecule has 178 valence electrons. The molecule has 33 heavy (non-hydrogen) atoms. The first-order valence-corrected chi connectivity index (χ1v) is 12.3. The lowest BCUT2D eigenvalue weighted by Crippen LogP contribution is -2.35. The topological polar surface area (TPSA) is 62.4 Å². The predicted octanol–water partition coefficient (Wildman–Crippen LogP) is 5.26. The number of hydrogen-bond acceptors (Lipinski definition) is 5. The van der Waals surface area contributed by atoms with E-state index in [2.05, 4.69) is 65.2 Å². The monoisotopic (exact) mass is 470 g/mol. The van der Waals surface area contributed by atoms with E-state index in [0.29, 0.717) is 35.8 Å². The zero-order chi connectivity index (χ0) is 23.2. The molecule has 1 aliphatic rings. The van der Waals surface area contributed by atoms with Gasteiger partial charge in [-0.05, 0) is 47.7 Å². The van der Waals surface area contributed by atoms with Crippen LogP contribution in [0.25, 0.3) is 11.0 Å². The standard InChI is InChI=1S/C26H35ClN4O2/c1-18(2)14-31(16-20-10-22(27)26-24(11-20)32-8-5-9-33-26)15-19(3)12-28-13-21-6-4-7-23-25(21)30-17-29-23/h4,6-7,10-11,17-19,28H,5,8-9,12-16H2,1-3H3,(H,29,30). The molecular weight excluding hydrogens is 436 g/mol. The molecule has 1 atom stereocenters. The van der Waals surface area contributed by atoms with Crippen LogP contribution in [0, 0.1) is 11.8 Å². The van der Waals surface area contributed by atoms with Crippen LogP contribution in [0.5, 0.6) is 11.5 Å². The van der Waals surface area contributed by atoms with Crippen molar-refractivity contribution in [3.8, 4) is 11.5 Å². The number of H-pyrrole nitrogens is 1. The minimum absolute atomic E-state index is 0.498. The van der Waals surface area contributed by atoms with Gasteiger partial charge >= 0.3 is 0 Å².